The lowest BCUT2D eigenvalue weighted by Gasteiger charge is -2.40. The molecule has 2 fully saturated rings. The van der Waals surface area contributed by atoms with Crippen LogP contribution in [0.2, 0.25) is 0 Å². The summed E-state index contributed by atoms with van der Waals surface area (Å²) in [4.78, 5) is 15.4. The Kier molecular flexibility index (Phi) is 5.42. The van der Waals surface area contributed by atoms with Crippen LogP contribution in [0.25, 0.3) is 0 Å². The Morgan fingerprint density at radius 2 is 2.00 bits per heavy atom. The maximum absolute atomic E-state index is 13.0. The third-order valence-corrected chi connectivity index (χ3v) is 6.62. The molecule has 2 N–H and O–H groups in total. The first kappa shape index (κ1) is 18.8. The molecule has 27 heavy (non-hydrogen) atoms. The second-order valence-corrected chi connectivity index (χ2v) is 8.74. The molecule has 1 amide bonds. The van der Waals surface area contributed by atoms with E-state index in [1.54, 1.807) is 0 Å². The lowest BCUT2D eigenvalue weighted by atomic mass is 9.74. The molecule has 1 aromatic carbocycles. The molecule has 0 bridgehead atoms. The molecule has 148 valence electrons. The van der Waals surface area contributed by atoms with Gasteiger partial charge in [0, 0.05) is 18.4 Å². The van der Waals surface area contributed by atoms with E-state index < -0.39 is 0 Å². The number of amides is 1. The van der Waals surface area contributed by atoms with Crippen LogP contribution in [0.5, 0.6) is 5.75 Å². The number of ether oxygens (including phenoxy) is 1. The first-order valence-corrected chi connectivity index (χ1v) is 10.5. The number of nitrogens with zero attached hydrogens (tertiary/aromatic N) is 1. The molecule has 1 unspecified atom stereocenters. The summed E-state index contributed by atoms with van der Waals surface area (Å²) >= 11 is 0. The minimum atomic E-state index is -0.221. The van der Waals surface area contributed by atoms with Crippen molar-refractivity contribution in [1.29, 1.82) is 0 Å². The zero-order valence-electron chi connectivity index (χ0n) is 16.5. The highest BCUT2D eigenvalue weighted by Gasteiger charge is 2.37. The molecule has 0 spiro atoms. The van der Waals surface area contributed by atoms with Crippen LogP contribution in [0, 0.1) is 11.8 Å². The highest BCUT2D eigenvalue weighted by Crippen LogP contribution is 2.40. The van der Waals surface area contributed by atoms with Gasteiger partial charge in [0.1, 0.15) is 5.75 Å². The summed E-state index contributed by atoms with van der Waals surface area (Å²) in [6.07, 6.45) is 4.12. The standard InChI is InChI=1S/C22H32N2O3/c1-14(2)24-8-5-15(6-9-24)22(26)23-21(18-12-19(25)13-18)17-3-4-20-16(11-17)7-10-27-20/h3-4,11,14-15,18-19,21,25H,5-10,12-13H2,1-2H3,(H,23,26). The number of carbonyl (C=O) groups excluding carboxylic acids is 1. The normalized spacial score (nSPS) is 27.0. The third kappa shape index (κ3) is 3.99. The minimum Gasteiger partial charge on any atom is -0.493 e. The summed E-state index contributed by atoms with van der Waals surface area (Å²) < 4.78 is 5.62. The fourth-order valence-electron chi connectivity index (χ4n) is 4.72. The van der Waals surface area contributed by atoms with Crippen LogP contribution in [0.4, 0.5) is 0 Å². The maximum atomic E-state index is 13.0. The number of hydrogen-bond acceptors (Lipinski definition) is 4. The van der Waals surface area contributed by atoms with Crippen LogP contribution in [0.15, 0.2) is 18.2 Å². The number of aliphatic hydroxyl groups excluding tert-OH is 1. The highest BCUT2D eigenvalue weighted by atomic mass is 16.5. The second-order valence-electron chi connectivity index (χ2n) is 8.74. The van der Waals surface area contributed by atoms with Crippen molar-refractivity contribution < 1.29 is 14.6 Å². The summed E-state index contributed by atoms with van der Waals surface area (Å²) in [7, 11) is 0. The van der Waals surface area contributed by atoms with Gasteiger partial charge in [0.15, 0.2) is 0 Å². The first-order chi connectivity index (χ1) is 13.0. The molecule has 3 aliphatic rings. The van der Waals surface area contributed by atoms with Crippen LogP contribution in [-0.4, -0.2) is 47.8 Å². The van der Waals surface area contributed by atoms with Crippen LogP contribution >= 0.6 is 0 Å². The van der Waals surface area contributed by atoms with E-state index in [0.717, 1.165) is 63.1 Å². The Balaban J connectivity index is 1.45. The zero-order chi connectivity index (χ0) is 19.0. The Bertz CT molecular complexity index is 676. The fraction of sp³-hybridized carbons (Fsp3) is 0.682. The quantitative estimate of drug-likeness (QED) is 0.834. The summed E-state index contributed by atoms with van der Waals surface area (Å²) in [6.45, 7) is 7.18. The molecule has 1 aromatic rings. The lowest BCUT2D eigenvalue weighted by Crippen LogP contribution is -2.46. The van der Waals surface area contributed by atoms with E-state index in [2.05, 4.69) is 36.2 Å². The van der Waals surface area contributed by atoms with Crippen molar-refractivity contribution in [3.8, 4) is 5.75 Å². The van der Waals surface area contributed by atoms with E-state index in [9.17, 15) is 9.90 Å². The van der Waals surface area contributed by atoms with Gasteiger partial charge in [-0.25, -0.2) is 0 Å². The van der Waals surface area contributed by atoms with Crippen molar-refractivity contribution in [2.45, 2.75) is 64.1 Å². The van der Waals surface area contributed by atoms with E-state index in [1.807, 2.05) is 6.07 Å². The van der Waals surface area contributed by atoms with Crippen molar-refractivity contribution in [2.24, 2.45) is 11.8 Å². The molecule has 2 aliphatic heterocycles. The van der Waals surface area contributed by atoms with Gasteiger partial charge >= 0.3 is 0 Å². The molecule has 1 saturated heterocycles. The van der Waals surface area contributed by atoms with E-state index in [4.69, 9.17) is 4.74 Å². The summed E-state index contributed by atoms with van der Waals surface area (Å²) in [5, 5.41) is 13.1. The molecular formula is C22H32N2O3. The van der Waals surface area contributed by atoms with E-state index in [-0.39, 0.29) is 24.0 Å². The summed E-state index contributed by atoms with van der Waals surface area (Å²) in [5.74, 6) is 1.57. The van der Waals surface area contributed by atoms with Crippen LogP contribution < -0.4 is 10.1 Å². The number of carbonyl (C=O) groups is 1. The molecule has 0 radical (unpaired) electrons. The summed E-state index contributed by atoms with van der Waals surface area (Å²) in [6, 6.07) is 6.86. The van der Waals surface area contributed by atoms with Crippen molar-refractivity contribution in [1.82, 2.24) is 10.2 Å². The molecule has 4 rings (SSSR count). The predicted octanol–water partition coefficient (Wildman–Crippen LogP) is 2.67. The SMILES string of the molecule is CC(C)N1CCC(C(=O)NC(c2ccc3c(c2)CCO3)C2CC(O)C2)CC1. The van der Waals surface area contributed by atoms with Gasteiger partial charge in [0.2, 0.25) is 5.91 Å². The van der Waals surface area contributed by atoms with E-state index >= 15 is 0 Å². The lowest BCUT2D eigenvalue weighted by molar-refractivity contribution is -0.128. The highest BCUT2D eigenvalue weighted by molar-refractivity contribution is 5.79. The van der Waals surface area contributed by atoms with Crippen LogP contribution in [0.1, 0.15) is 56.7 Å². The number of hydrogen-bond donors (Lipinski definition) is 2. The summed E-state index contributed by atoms with van der Waals surface area (Å²) in [5.41, 5.74) is 2.39. The van der Waals surface area contributed by atoms with E-state index in [0.29, 0.717) is 12.0 Å². The monoisotopic (exact) mass is 372 g/mol. The average molecular weight is 373 g/mol. The smallest absolute Gasteiger partial charge is 0.223 e. The Morgan fingerprint density at radius 3 is 2.67 bits per heavy atom. The largest absolute Gasteiger partial charge is 0.493 e. The topological polar surface area (TPSA) is 61.8 Å². The number of likely N-dealkylation sites (tertiary alicyclic amines) is 1. The predicted molar refractivity (Wildman–Crippen MR) is 105 cm³/mol. The van der Waals surface area contributed by atoms with Gasteiger partial charge in [-0.15, -0.1) is 0 Å². The zero-order valence-corrected chi connectivity index (χ0v) is 16.5. The maximum Gasteiger partial charge on any atom is 0.223 e. The number of piperidine rings is 1. The average Bonchev–Trinajstić information content (AvgIpc) is 3.11. The Morgan fingerprint density at radius 1 is 1.26 bits per heavy atom. The molecule has 2 heterocycles. The Hall–Kier alpha value is -1.59. The number of aliphatic hydroxyl groups is 1. The number of benzene rings is 1. The van der Waals surface area contributed by atoms with Gasteiger partial charge in [0.05, 0.1) is 18.8 Å². The van der Waals surface area contributed by atoms with Crippen molar-refractivity contribution in [3.63, 3.8) is 0 Å². The molecule has 5 heteroatoms. The second kappa shape index (κ2) is 7.80. The van der Waals surface area contributed by atoms with Gasteiger partial charge < -0.3 is 20.1 Å². The molecule has 1 saturated carbocycles. The van der Waals surface area contributed by atoms with Crippen molar-refractivity contribution in [3.05, 3.63) is 29.3 Å². The van der Waals surface area contributed by atoms with Gasteiger partial charge in [-0.2, -0.15) is 0 Å². The molecule has 1 aliphatic carbocycles. The number of nitrogens with one attached hydrogen (secondary N) is 1. The van der Waals surface area contributed by atoms with Gasteiger partial charge in [-0.05, 0) is 81.8 Å². The van der Waals surface area contributed by atoms with Crippen LogP contribution in [-0.2, 0) is 11.2 Å². The van der Waals surface area contributed by atoms with Gasteiger partial charge in [-0.3, -0.25) is 4.79 Å². The number of fused-ring (bicyclic) bond motifs is 1. The molecule has 0 aromatic heterocycles. The van der Waals surface area contributed by atoms with Gasteiger partial charge in [-0.1, -0.05) is 6.07 Å². The number of rotatable bonds is 5. The minimum absolute atomic E-state index is 0.00470. The van der Waals surface area contributed by atoms with E-state index in [1.165, 1.54) is 5.56 Å². The Labute approximate surface area is 162 Å². The fourth-order valence-corrected chi connectivity index (χ4v) is 4.72. The van der Waals surface area contributed by atoms with Crippen molar-refractivity contribution >= 4 is 5.91 Å². The molecule has 5 nitrogen and oxygen atoms in total. The molecular weight excluding hydrogens is 340 g/mol. The van der Waals surface area contributed by atoms with Gasteiger partial charge in [0.25, 0.3) is 0 Å². The first-order valence-electron chi connectivity index (χ1n) is 10.5. The van der Waals surface area contributed by atoms with Crippen LogP contribution in [0.3, 0.4) is 0 Å². The third-order valence-electron chi connectivity index (χ3n) is 6.62. The molecule has 1 atom stereocenters. The van der Waals surface area contributed by atoms with Crippen molar-refractivity contribution in [2.75, 3.05) is 19.7 Å².